The molecule has 0 bridgehead atoms. The quantitative estimate of drug-likeness (QED) is 0.495. The Labute approximate surface area is 170 Å². The van der Waals surface area contributed by atoms with E-state index in [4.69, 9.17) is 9.47 Å². The van der Waals surface area contributed by atoms with Gasteiger partial charge in [0, 0.05) is 11.4 Å². The molecule has 8 nitrogen and oxygen atoms in total. The van der Waals surface area contributed by atoms with Crippen molar-refractivity contribution in [3.63, 3.8) is 0 Å². The number of nitrogens with one attached hydrogen (secondary N) is 2. The largest absolute Gasteiger partial charge is 0.497 e. The van der Waals surface area contributed by atoms with Crippen LogP contribution in [-0.4, -0.2) is 61.4 Å². The molecular weight excluding hydrogens is 374 g/mol. The number of carbonyl (C=O) groups is 3. The molecule has 0 aliphatic heterocycles. The van der Waals surface area contributed by atoms with Gasteiger partial charge in [-0.3, -0.25) is 14.5 Å². The number of nitrogens with zero attached hydrogens (tertiary/aromatic N) is 1. The van der Waals surface area contributed by atoms with E-state index in [-0.39, 0.29) is 24.8 Å². The van der Waals surface area contributed by atoms with Crippen LogP contribution in [0.3, 0.4) is 0 Å². The van der Waals surface area contributed by atoms with Crippen LogP contribution >= 0.6 is 0 Å². The van der Waals surface area contributed by atoms with E-state index >= 15 is 0 Å². The van der Waals surface area contributed by atoms with Gasteiger partial charge < -0.3 is 19.8 Å². The maximum Gasteiger partial charge on any atom is 0.339 e. The first-order valence-electron chi connectivity index (χ1n) is 9.27. The van der Waals surface area contributed by atoms with E-state index in [0.717, 1.165) is 0 Å². The number of hydrogen-bond donors (Lipinski definition) is 2. The number of ketones is 1. The molecule has 0 saturated carbocycles. The van der Waals surface area contributed by atoms with Crippen LogP contribution in [-0.2, 0) is 9.53 Å². The van der Waals surface area contributed by atoms with Gasteiger partial charge in [-0.15, -0.1) is 0 Å². The van der Waals surface area contributed by atoms with Gasteiger partial charge in [0.15, 0.2) is 5.78 Å². The highest BCUT2D eigenvalue weighted by Gasteiger charge is 2.24. The number of aromatic amines is 1. The molecule has 0 aliphatic carbocycles. The molecule has 156 valence electrons. The minimum atomic E-state index is -0.485. The molecule has 2 N–H and O–H groups in total. The standard InChI is InChI=1S/C21H27N3O5/c1-6-24(12-18(26)23-15-7-9-16(28-4)10-8-15)11-17(25)20-13(2)19(14(3)22-20)21(27)29-5/h7-10,22H,6,11-12H2,1-5H3,(H,23,26). The fourth-order valence-corrected chi connectivity index (χ4v) is 3.08. The third kappa shape index (κ3) is 5.45. The van der Waals surface area contributed by atoms with E-state index in [2.05, 4.69) is 10.3 Å². The number of H-pyrrole nitrogens is 1. The first-order valence-corrected chi connectivity index (χ1v) is 9.27. The first-order chi connectivity index (χ1) is 13.8. The summed E-state index contributed by atoms with van der Waals surface area (Å²) in [4.78, 5) is 41.7. The van der Waals surface area contributed by atoms with E-state index in [1.165, 1.54) is 7.11 Å². The molecule has 1 heterocycles. The van der Waals surface area contributed by atoms with Gasteiger partial charge in [-0.2, -0.15) is 0 Å². The second-order valence-corrected chi connectivity index (χ2v) is 6.62. The summed E-state index contributed by atoms with van der Waals surface area (Å²) in [6.45, 7) is 5.93. The highest BCUT2D eigenvalue weighted by atomic mass is 16.5. The SMILES string of the molecule is CCN(CC(=O)Nc1ccc(OC)cc1)CC(=O)c1[nH]c(C)c(C(=O)OC)c1C. The lowest BCUT2D eigenvalue weighted by molar-refractivity contribution is -0.117. The van der Waals surface area contributed by atoms with Crippen LogP contribution in [0.2, 0.25) is 0 Å². The number of rotatable bonds is 9. The molecule has 0 radical (unpaired) electrons. The predicted octanol–water partition coefficient (Wildman–Crippen LogP) is 2.57. The van der Waals surface area contributed by atoms with Crippen LogP contribution in [0.15, 0.2) is 24.3 Å². The number of amides is 1. The Morgan fingerprint density at radius 3 is 2.28 bits per heavy atom. The maximum absolute atomic E-state index is 12.8. The van der Waals surface area contributed by atoms with Crippen molar-refractivity contribution in [2.45, 2.75) is 20.8 Å². The Hall–Kier alpha value is -3.13. The van der Waals surface area contributed by atoms with Crippen molar-refractivity contribution >= 4 is 23.3 Å². The van der Waals surface area contributed by atoms with Crippen LogP contribution in [0.25, 0.3) is 0 Å². The zero-order chi connectivity index (χ0) is 21.6. The molecule has 2 aromatic rings. The van der Waals surface area contributed by atoms with Gasteiger partial charge >= 0.3 is 5.97 Å². The van der Waals surface area contributed by atoms with Gasteiger partial charge in [0.05, 0.1) is 38.6 Å². The summed E-state index contributed by atoms with van der Waals surface area (Å²) in [6, 6.07) is 7.01. The molecule has 8 heteroatoms. The number of esters is 1. The number of methoxy groups -OCH3 is 2. The van der Waals surface area contributed by atoms with Gasteiger partial charge in [0.25, 0.3) is 0 Å². The lowest BCUT2D eigenvalue weighted by atomic mass is 10.1. The minimum Gasteiger partial charge on any atom is -0.497 e. The van der Waals surface area contributed by atoms with Gasteiger partial charge in [0.1, 0.15) is 5.75 Å². The lowest BCUT2D eigenvalue weighted by Crippen LogP contribution is -2.37. The number of aromatic nitrogens is 1. The molecule has 0 atom stereocenters. The van der Waals surface area contributed by atoms with Crippen molar-refractivity contribution in [2.24, 2.45) is 0 Å². The Balaban J connectivity index is 2.02. The zero-order valence-electron chi connectivity index (χ0n) is 17.4. The fraction of sp³-hybridized carbons (Fsp3) is 0.381. The third-order valence-corrected chi connectivity index (χ3v) is 4.66. The molecule has 0 spiro atoms. The van der Waals surface area contributed by atoms with Crippen LogP contribution in [0.4, 0.5) is 5.69 Å². The Bertz CT molecular complexity index is 886. The van der Waals surface area contributed by atoms with E-state index in [1.54, 1.807) is 50.1 Å². The summed E-state index contributed by atoms with van der Waals surface area (Å²) >= 11 is 0. The lowest BCUT2D eigenvalue weighted by Gasteiger charge is -2.19. The van der Waals surface area contributed by atoms with Crippen molar-refractivity contribution in [1.82, 2.24) is 9.88 Å². The number of Topliss-reactive ketones (excluding diaryl/α,β-unsaturated/α-hetero) is 1. The molecule has 0 fully saturated rings. The molecule has 1 amide bonds. The average Bonchev–Trinajstić information content (AvgIpc) is 3.01. The van der Waals surface area contributed by atoms with Gasteiger partial charge in [-0.25, -0.2) is 4.79 Å². The van der Waals surface area contributed by atoms with Crippen molar-refractivity contribution in [1.29, 1.82) is 0 Å². The molecule has 0 aliphatic rings. The van der Waals surface area contributed by atoms with E-state index in [1.807, 2.05) is 6.92 Å². The maximum atomic E-state index is 12.8. The molecule has 0 unspecified atom stereocenters. The van der Waals surface area contributed by atoms with E-state index in [0.29, 0.717) is 40.5 Å². The molecule has 1 aromatic carbocycles. The summed E-state index contributed by atoms with van der Waals surface area (Å²) < 4.78 is 9.87. The Morgan fingerprint density at radius 1 is 1.07 bits per heavy atom. The number of benzene rings is 1. The Kier molecular flexibility index (Phi) is 7.55. The third-order valence-electron chi connectivity index (χ3n) is 4.66. The van der Waals surface area contributed by atoms with Crippen LogP contribution < -0.4 is 10.1 Å². The molecule has 1 aromatic heterocycles. The molecule has 0 saturated heterocycles. The average molecular weight is 401 g/mol. The molecular formula is C21H27N3O5. The number of hydrogen-bond acceptors (Lipinski definition) is 6. The van der Waals surface area contributed by atoms with Crippen LogP contribution in [0, 0.1) is 13.8 Å². The van der Waals surface area contributed by atoms with Crippen molar-refractivity contribution in [3.8, 4) is 5.75 Å². The summed E-state index contributed by atoms with van der Waals surface area (Å²) in [6.07, 6.45) is 0. The highest BCUT2D eigenvalue weighted by Crippen LogP contribution is 2.20. The number of carbonyl (C=O) groups excluding carboxylic acids is 3. The first kappa shape index (κ1) is 22.2. The second-order valence-electron chi connectivity index (χ2n) is 6.62. The topological polar surface area (TPSA) is 101 Å². The van der Waals surface area contributed by atoms with Crippen LogP contribution in [0.5, 0.6) is 5.75 Å². The number of likely N-dealkylation sites (N-methyl/N-ethyl adjacent to an activating group) is 1. The monoisotopic (exact) mass is 401 g/mol. The normalized spacial score (nSPS) is 10.7. The fourth-order valence-electron chi connectivity index (χ4n) is 3.08. The summed E-state index contributed by atoms with van der Waals surface area (Å²) in [5.41, 5.74) is 2.51. The van der Waals surface area contributed by atoms with Gasteiger partial charge in [0.2, 0.25) is 5.91 Å². The van der Waals surface area contributed by atoms with E-state index < -0.39 is 5.97 Å². The van der Waals surface area contributed by atoms with Crippen molar-refractivity contribution in [2.75, 3.05) is 39.2 Å². The number of anilines is 1. The molecule has 29 heavy (non-hydrogen) atoms. The Morgan fingerprint density at radius 2 is 1.72 bits per heavy atom. The minimum absolute atomic E-state index is 0.0495. The summed E-state index contributed by atoms with van der Waals surface area (Å²) in [7, 11) is 2.88. The summed E-state index contributed by atoms with van der Waals surface area (Å²) in [5, 5.41) is 2.80. The molecule has 2 rings (SSSR count). The highest BCUT2D eigenvalue weighted by molar-refractivity contribution is 6.02. The smallest absolute Gasteiger partial charge is 0.339 e. The van der Waals surface area contributed by atoms with Gasteiger partial charge in [-0.1, -0.05) is 6.92 Å². The number of aryl methyl sites for hydroxylation is 1. The van der Waals surface area contributed by atoms with Crippen molar-refractivity contribution in [3.05, 3.63) is 46.8 Å². The van der Waals surface area contributed by atoms with Crippen molar-refractivity contribution < 1.29 is 23.9 Å². The second kappa shape index (κ2) is 9.88. The van der Waals surface area contributed by atoms with E-state index in [9.17, 15) is 14.4 Å². The van der Waals surface area contributed by atoms with Gasteiger partial charge in [-0.05, 0) is 50.2 Å². The predicted molar refractivity (Wildman–Crippen MR) is 110 cm³/mol. The zero-order valence-corrected chi connectivity index (χ0v) is 17.4. The van der Waals surface area contributed by atoms with Crippen LogP contribution in [0.1, 0.15) is 39.0 Å². The summed E-state index contributed by atoms with van der Waals surface area (Å²) in [5.74, 6) is -0.201. The number of ether oxygens (including phenoxy) is 2.